The summed E-state index contributed by atoms with van der Waals surface area (Å²) in [6.45, 7) is 0.285. The number of nitrogens with zero attached hydrogens (tertiary/aromatic N) is 2. The third-order valence-electron chi connectivity index (χ3n) is 2.69. The second-order valence-corrected chi connectivity index (χ2v) is 6.00. The number of halogens is 2. The highest BCUT2D eigenvalue weighted by atomic mass is 79.9. The molecule has 0 aliphatic carbocycles. The molecule has 0 saturated heterocycles. The molecule has 2 aromatic heterocycles. The van der Waals surface area contributed by atoms with Crippen LogP contribution in [0, 0.1) is 5.95 Å². The predicted molar refractivity (Wildman–Crippen MR) is 77.1 cm³/mol. The highest BCUT2D eigenvalue weighted by Crippen LogP contribution is 2.22. The molecule has 1 aromatic carbocycles. The summed E-state index contributed by atoms with van der Waals surface area (Å²) in [7, 11) is 0. The molecule has 0 saturated carbocycles. The zero-order valence-corrected chi connectivity index (χ0v) is 12.0. The van der Waals surface area contributed by atoms with E-state index in [4.69, 9.17) is 0 Å². The maximum Gasteiger partial charge on any atom is 0.268 e. The lowest BCUT2D eigenvalue weighted by atomic mass is 10.3. The van der Waals surface area contributed by atoms with Crippen LogP contribution in [0.4, 0.5) is 4.39 Å². The number of fused-ring (bicyclic) bond motifs is 1. The Morgan fingerprint density at radius 1 is 1.32 bits per heavy atom. The third-order valence-corrected chi connectivity index (χ3v) is 4.23. The summed E-state index contributed by atoms with van der Waals surface area (Å²) in [5.41, 5.74) is 0.464. The van der Waals surface area contributed by atoms with Crippen molar-refractivity contribution in [1.82, 2.24) is 8.94 Å². The average Bonchev–Trinajstić information content (AvgIpc) is 2.66. The van der Waals surface area contributed by atoms with Gasteiger partial charge >= 0.3 is 0 Å². The standard InChI is InChI=1S/C13H8BrFN2OS/c14-8-4-5-10-11(6-8)19-17(13(10)18)7-9-2-1-3-12(15)16-9/h1-6H,7H2. The van der Waals surface area contributed by atoms with Crippen LogP contribution in [0.5, 0.6) is 0 Å². The summed E-state index contributed by atoms with van der Waals surface area (Å²) in [6.07, 6.45) is 0. The van der Waals surface area contributed by atoms with E-state index < -0.39 is 5.95 Å². The smallest absolute Gasteiger partial charge is 0.268 e. The minimum Gasteiger partial charge on any atom is -0.268 e. The Hall–Kier alpha value is -1.53. The first-order valence-corrected chi connectivity index (χ1v) is 7.11. The minimum atomic E-state index is -0.533. The van der Waals surface area contributed by atoms with Gasteiger partial charge < -0.3 is 0 Å². The molecule has 0 fully saturated rings. The van der Waals surface area contributed by atoms with Gasteiger partial charge in [-0.25, -0.2) is 4.98 Å². The summed E-state index contributed by atoms with van der Waals surface area (Å²) < 4.78 is 16.4. The molecule has 0 aliphatic rings. The first-order chi connectivity index (χ1) is 9.13. The largest absolute Gasteiger partial charge is 0.268 e. The van der Waals surface area contributed by atoms with E-state index in [1.165, 1.54) is 17.6 Å². The molecule has 0 N–H and O–H groups in total. The summed E-state index contributed by atoms with van der Waals surface area (Å²) in [4.78, 5) is 15.9. The van der Waals surface area contributed by atoms with Gasteiger partial charge in [-0.05, 0) is 30.3 Å². The van der Waals surface area contributed by atoms with E-state index in [2.05, 4.69) is 20.9 Å². The molecule has 3 rings (SSSR count). The SMILES string of the molecule is O=c1c2ccc(Br)cc2sn1Cc1cccc(F)n1. The molecule has 0 bridgehead atoms. The van der Waals surface area contributed by atoms with Crippen LogP contribution in [-0.2, 0) is 6.54 Å². The zero-order chi connectivity index (χ0) is 13.4. The van der Waals surface area contributed by atoms with Gasteiger partial charge in [0.2, 0.25) is 5.95 Å². The van der Waals surface area contributed by atoms with E-state index in [0.717, 1.165) is 9.17 Å². The van der Waals surface area contributed by atoms with Crippen molar-refractivity contribution in [2.75, 3.05) is 0 Å². The van der Waals surface area contributed by atoms with Gasteiger partial charge in [0.15, 0.2) is 0 Å². The molecule has 0 atom stereocenters. The first-order valence-electron chi connectivity index (χ1n) is 5.54. The average molecular weight is 339 g/mol. The number of hydrogen-bond acceptors (Lipinski definition) is 3. The Labute approximate surface area is 120 Å². The predicted octanol–water partition coefficient (Wildman–Crippen LogP) is 3.41. The Balaban J connectivity index is 2.06. The van der Waals surface area contributed by atoms with Crippen LogP contribution in [0.3, 0.4) is 0 Å². The Morgan fingerprint density at radius 2 is 2.16 bits per heavy atom. The van der Waals surface area contributed by atoms with Crippen molar-refractivity contribution < 1.29 is 4.39 Å². The fourth-order valence-electron chi connectivity index (χ4n) is 1.83. The van der Waals surface area contributed by atoms with Crippen molar-refractivity contribution in [3.05, 3.63) is 62.9 Å². The molecule has 0 unspecified atom stereocenters. The minimum absolute atomic E-state index is 0.0708. The summed E-state index contributed by atoms with van der Waals surface area (Å²) in [6, 6.07) is 10.1. The highest BCUT2D eigenvalue weighted by Gasteiger charge is 2.09. The van der Waals surface area contributed by atoms with E-state index >= 15 is 0 Å². The van der Waals surface area contributed by atoms with E-state index in [-0.39, 0.29) is 12.1 Å². The van der Waals surface area contributed by atoms with Gasteiger partial charge in [0.05, 0.1) is 22.3 Å². The summed E-state index contributed by atoms with van der Waals surface area (Å²) in [5.74, 6) is -0.533. The lowest BCUT2D eigenvalue weighted by molar-refractivity contribution is 0.574. The highest BCUT2D eigenvalue weighted by molar-refractivity contribution is 9.10. The van der Waals surface area contributed by atoms with Crippen molar-refractivity contribution in [2.24, 2.45) is 0 Å². The van der Waals surface area contributed by atoms with Crippen molar-refractivity contribution in [3.8, 4) is 0 Å². The van der Waals surface area contributed by atoms with Gasteiger partial charge in [0, 0.05) is 4.47 Å². The van der Waals surface area contributed by atoms with Gasteiger partial charge in [0.25, 0.3) is 5.56 Å². The van der Waals surface area contributed by atoms with Crippen LogP contribution in [0.15, 0.2) is 45.7 Å². The van der Waals surface area contributed by atoms with Gasteiger partial charge in [-0.1, -0.05) is 33.5 Å². The van der Waals surface area contributed by atoms with Gasteiger partial charge in [-0.2, -0.15) is 4.39 Å². The molecule has 19 heavy (non-hydrogen) atoms. The molecular formula is C13H8BrFN2OS. The molecule has 96 valence electrons. The van der Waals surface area contributed by atoms with Gasteiger partial charge in [-0.3, -0.25) is 8.75 Å². The van der Waals surface area contributed by atoms with Crippen molar-refractivity contribution in [3.63, 3.8) is 0 Å². The van der Waals surface area contributed by atoms with Crippen LogP contribution in [-0.4, -0.2) is 8.94 Å². The maximum atomic E-state index is 13.0. The van der Waals surface area contributed by atoms with Gasteiger partial charge in [0.1, 0.15) is 0 Å². The third kappa shape index (κ3) is 2.46. The molecule has 3 aromatic rings. The number of benzene rings is 1. The van der Waals surface area contributed by atoms with Crippen molar-refractivity contribution in [1.29, 1.82) is 0 Å². The molecule has 6 heteroatoms. The maximum absolute atomic E-state index is 13.0. The first kappa shape index (κ1) is 12.5. The molecule has 0 spiro atoms. The topological polar surface area (TPSA) is 34.9 Å². The number of aromatic nitrogens is 2. The normalized spacial score (nSPS) is 11.1. The van der Waals surface area contributed by atoms with Crippen molar-refractivity contribution in [2.45, 2.75) is 6.54 Å². The van der Waals surface area contributed by atoms with Gasteiger partial charge in [-0.15, -0.1) is 0 Å². The number of pyridine rings is 1. The number of rotatable bonds is 2. The van der Waals surface area contributed by atoms with Crippen molar-refractivity contribution >= 4 is 37.5 Å². The monoisotopic (exact) mass is 338 g/mol. The van der Waals surface area contributed by atoms with Crippen LogP contribution in [0.1, 0.15) is 5.69 Å². The molecule has 0 aliphatic heterocycles. The van der Waals surface area contributed by atoms with Crippen LogP contribution < -0.4 is 5.56 Å². The Kier molecular flexibility index (Phi) is 3.20. The fraction of sp³-hybridized carbons (Fsp3) is 0.0769. The van der Waals surface area contributed by atoms with E-state index in [0.29, 0.717) is 11.1 Å². The molecule has 0 radical (unpaired) electrons. The summed E-state index contributed by atoms with van der Waals surface area (Å²) in [5, 5.41) is 0.671. The molecular weight excluding hydrogens is 331 g/mol. The van der Waals surface area contributed by atoms with E-state index in [1.807, 2.05) is 12.1 Å². The number of hydrogen-bond donors (Lipinski definition) is 0. The summed E-state index contributed by atoms with van der Waals surface area (Å²) >= 11 is 4.73. The van der Waals surface area contributed by atoms with Crippen LogP contribution in [0.25, 0.3) is 10.1 Å². The Morgan fingerprint density at radius 3 is 2.95 bits per heavy atom. The molecule has 3 nitrogen and oxygen atoms in total. The molecule has 0 amide bonds. The molecule has 2 heterocycles. The second kappa shape index (κ2) is 4.86. The Bertz CT molecular complexity index is 812. The van der Waals surface area contributed by atoms with E-state index in [9.17, 15) is 9.18 Å². The second-order valence-electron chi connectivity index (χ2n) is 4.03. The van der Waals surface area contributed by atoms with Crippen LogP contribution >= 0.6 is 27.5 Å². The lowest BCUT2D eigenvalue weighted by Crippen LogP contribution is -2.14. The zero-order valence-electron chi connectivity index (χ0n) is 9.64. The lowest BCUT2D eigenvalue weighted by Gasteiger charge is -1.99. The fourth-order valence-corrected chi connectivity index (χ4v) is 3.39. The van der Waals surface area contributed by atoms with E-state index in [1.54, 1.807) is 22.2 Å². The quantitative estimate of drug-likeness (QED) is 0.671. The van der Waals surface area contributed by atoms with Crippen LogP contribution in [0.2, 0.25) is 0 Å².